The van der Waals surface area contributed by atoms with Crippen molar-refractivity contribution in [2.24, 2.45) is 5.92 Å². The van der Waals surface area contributed by atoms with Gasteiger partial charge in [-0.05, 0) is 67.4 Å². The molecule has 33 heavy (non-hydrogen) atoms. The standard InChI is InChI=1S/C23H23N5O4S/c1-15-4-7-19(12-16(15)2)28-14-17(13-21(28)29)22(30)26-18-5-8-20(9-6-18)33(31,32)27-23-24-10-3-11-25-23/h3-12,17H,13-14H2,1-2H3,(H,26,30)(H,24,25,27)/t17-/m0/s1. The van der Waals surface area contributed by atoms with Crippen LogP contribution in [0.5, 0.6) is 0 Å². The fourth-order valence-electron chi connectivity index (χ4n) is 3.52. The largest absolute Gasteiger partial charge is 0.326 e. The van der Waals surface area contributed by atoms with Gasteiger partial charge in [0.25, 0.3) is 10.0 Å². The van der Waals surface area contributed by atoms with E-state index in [9.17, 15) is 18.0 Å². The molecule has 1 atom stereocenters. The van der Waals surface area contributed by atoms with E-state index in [-0.39, 0.29) is 29.1 Å². The summed E-state index contributed by atoms with van der Waals surface area (Å²) >= 11 is 0. The van der Waals surface area contributed by atoms with Crippen LogP contribution in [0.1, 0.15) is 17.5 Å². The predicted octanol–water partition coefficient (Wildman–Crippen LogP) is 2.89. The summed E-state index contributed by atoms with van der Waals surface area (Å²) in [5.41, 5.74) is 3.43. The summed E-state index contributed by atoms with van der Waals surface area (Å²) in [7, 11) is -3.87. The van der Waals surface area contributed by atoms with Crippen LogP contribution in [0.4, 0.5) is 17.3 Å². The average Bonchev–Trinajstić information content (AvgIpc) is 3.18. The summed E-state index contributed by atoms with van der Waals surface area (Å²) in [6, 6.07) is 13.1. The van der Waals surface area contributed by atoms with Crippen LogP contribution >= 0.6 is 0 Å². The molecular formula is C23H23N5O4S. The van der Waals surface area contributed by atoms with Crippen LogP contribution < -0.4 is 14.9 Å². The Balaban J connectivity index is 1.40. The van der Waals surface area contributed by atoms with Crippen molar-refractivity contribution in [3.8, 4) is 0 Å². The average molecular weight is 466 g/mol. The number of carbonyl (C=O) groups excluding carboxylic acids is 2. The van der Waals surface area contributed by atoms with Crippen LogP contribution in [-0.2, 0) is 19.6 Å². The van der Waals surface area contributed by atoms with E-state index in [1.54, 1.807) is 11.0 Å². The minimum atomic E-state index is -3.87. The molecule has 0 saturated carbocycles. The van der Waals surface area contributed by atoms with Gasteiger partial charge in [-0.1, -0.05) is 6.07 Å². The molecule has 4 rings (SSSR count). The fourth-order valence-corrected chi connectivity index (χ4v) is 4.48. The number of anilines is 3. The van der Waals surface area contributed by atoms with Gasteiger partial charge >= 0.3 is 0 Å². The van der Waals surface area contributed by atoms with Crippen molar-refractivity contribution >= 4 is 39.2 Å². The Hall–Kier alpha value is -3.79. The second-order valence-corrected chi connectivity index (χ2v) is 9.55. The predicted molar refractivity (Wildman–Crippen MR) is 124 cm³/mol. The number of rotatable bonds is 6. The highest BCUT2D eigenvalue weighted by Crippen LogP contribution is 2.28. The molecule has 0 bridgehead atoms. The maximum absolute atomic E-state index is 12.7. The van der Waals surface area contributed by atoms with Gasteiger partial charge in [-0.2, -0.15) is 0 Å². The normalized spacial score (nSPS) is 16.0. The second-order valence-electron chi connectivity index (χ2n) is 7.87. The summed E-state index contributed by atoms with van der Waals surface area (Å²) in [4.78, 5) is 34.6. The lowest BCUT2D eigenvalue weighted by Crippen LogP contribution is -2.28. The highest BCUT2D eigenvalue weighted by Gasteiger charge is 2.35. The zero-order valence-electron chi connectivity index (χ0n) is 18.1. The maximum atomic E-state index is 12.7. The van der Waals surface area contributed by atoms with Gasteiger partial charge in [0.1, 0.15) is 0 Å². The zero-order chi connectivity index (χ0) is 23.6. The Morgan fingerprint density at radius 2 is 1.73 bits per heavy atom. The van der Waals surface area contributed by atoms with Gasteiger partial charge in [0, 0.05) is 36.7 Å². The number of aromatic nitrogens is 2. The molecule has 2 amide bonds. The highest BCUT2D eigenvalue weighted by molar-refractivity contribution is 7.92. The van der Waals surface area contributed by atoms with Gasteiger partial charge in [-0.25, -0.2) is 23.1 Å². The van der Waals surface area contributed by atoms with E-state index in [2.05, 4.69) is 20.0 Å². The molecule has 0 spiro atoms. The molecule has 2 aromatic carbocycles. The van der Waals surface area contributed by atoms with Gasteiger partial charge in [0.15, 0.2) is 0 Å². The third-order valence-electron chi connectivity index (χ3n) is 5.52. The molecule has 2 heterocycles. The fraction of sp³-hybridized carbons (Fsp3) is 0.217. The van der Waals surface area contributed by atoms with Crippen LogP contribution in [0.15, 0.2) is 65.8 Å². The van der Waals surface area contributed by atoms with Gasteiger partial charge in [-0.3, -0.25) is 9.59 Å². The minimum Gasteiger partial charge on any atom is -0.326 e. The van der Waals surface area contributed by atoms with Crippen molar-refractivity contribution in [3.63, 3.8) is 0 Å². The summed E-state index contributed by atoms with van der Waals surface area (Å²) in [5, 5.41) is 2.77. The van der Waals surface area contributed by atoms with E-state index in [1.807, 2.05) is 32.0 Å². The van der Waals surface area contributed by atoms with E-state index in [0.29, 0.717) is 12.2 Å². The summed E-state index contributed by atoms with van der Waals surface area (Å²) < 4.78 is 27.2. The quantitative estimate of drug-likeness (QED) is 0.577. The molecule has 2 N–H and O–H groups in total. The molecule has 10 heteroatoms. The van der Waals surface area contributed by atoms with Crippen LogP contribution in [0.3, 0.4) is 0 Å². The number of hydrogen-bond donors (Lipinski definition) is 2. The molecule has 1 aromatic heterocycles. The van der Waals surface area contributed by atoms with Crippen molar-refractivity contribution in [2.75, 3.05) is 21.5 Å². The smallest absolute Gasteiger partial charge is 0.264 e. The summed E-state index contributed by atoms with van der Waals surface area (Å²) in [5.74, 6) is -0.927. The molecule has 3 aromatic rings. The first kappa shape index (κ1) is 22.4. The third-order valence-corrected chi connectivity index (χ3v) is 6.87. The van der Waals surface area contributed by atoms with Gasteiger partial charge < -0.3 is 10.2 Å². The number of amides is 2. The van der Waals surface area contributed by atoms with Gasteiger partial charge in [0.2, 0.25) is 17.8 Å². The zero-order valence-corrected chi connectivity index (χ0v) is 19.0. The number of carbonyl (C=O) groups is 2. The Bertz CT molecular complexity index is 1290. The molecule has 1 fully saturated rings. The molecule has 0 radical (unpaired) electrons. The molecule has 170 valence electrons. The van der Waals surface area contributed by atoms with Crippen molar-refractivity contribution in [3.05, 3.63) is 72.1 Å². The second kappa shape index (κ2) is 8.99. The summed E-state index contributed by atoms with van der Waals surface area (Å²) in [6.45, 7) is 4.28. The first-order valence-electron chi connectivity index (χ1n) is 10.3. The Morgan fingerprint density at radius 1 is 1.03 bits per heavy atom. The highest BCUT2D eigenvalue weighted by atomic mass is 32.2. The Morgan fingerprint density at radius 3 is 2.39 bits per heavy atom. The van der Waals surface area contributed by atoms with E-state index < -0.39 is 15.9 Å². The lowest BCUT2D eigenvalue weighted by atomic mass is 10.1. The van der Waals surface area contributed by atoms with Crippen LogP contribution in [0, 0.1) is 19.8 Å². The molecule has 0 unspecified atom stereocenters. The van der Waals surface area contributed by atoms with Crippen LogP contribution in [0.2, 0.25) is 0 Å². The number of nitrogens with one attached hydrogen (secondary N) is 2. The monoisotopic (exact) mass is 465 g/mol. The van der Waals surface area contributed by atoms with E-state index in [1.165, 1.54) is 36.7 Å². The van der Waals surface area contributed by atoms with E-state index in [0.717, 1.165) is 16.8 Å². The van der Waals surface area contributed by atoms with Crippen molar-refractivity contribution in [2.45, 2.75) is 25.2 Å². The minimum absolute atomic E-state index is 0.00455. The van der Waals surface area contributed by atoms with Crippen molar-refractivity contribution < 1.29 is 18.0 Å². The molecule has 0 aliphatic carbocycles. The number of hydrogen-bond acceptors (Lipinski definition) is 6. The topological polar surface area (TPSA) is 121 Å². The molecule has 1 aliphatic heterocycles. The first-order valence-corrected chi connectivity index (χ1v) is 11.8. The lowest BCUT2D eigenvalue weighted by molar-refractivity contribution is -0.122. The van der Waals surface area contributed by atoms with Crippen LogP contribution in [-0.4, -0.2) is 36.7 Å². The van der Waals surface area contributed by atoms with Gasteiger partial charge in [-0.15, -0.1) is 0 Å². The number of sulfonamides is 1. The first-order chi connectivity index (χ1) is 15.7. The molecule has 9 nitrogen and oxygen atoms in total. The number of nitrogens with zero attached hydrogens (tertiary/aromatic N) is 3. The van der Waals surface area contributed by atoms with E-state index >= 15 is 0 Å². The third kappa shape index (κ3) is 5.01. The molecule has 1 saturated heterocycles. The Kier molecular flexibility index (Phi) is 6.10. The van der Waals surface area contributed by atoms with E-state index in [4.69, 9.17) is 0 Å². The Labute approximate surface area is 191 Å². The summed E-state index contributed by atoms with van der Waals surface area (Å²) in [6.07, 6.45) is 2.98. The van der Waals surface area contributed by atoms with Crippen molar-refractivity contribution in [1.82, 2.24) is 9.97 Å². The number of aryl methyl sites for hydroxylation is 2. The van der Waals surface area contributed by atoms with Crippen LogP contribution in [0.25, 0.3) is 0 Å². The van der Waals surface area contributed by atoms with Gasteiger partial charge in [0.05, 0.1) is 10.8 Å². The number of benzene rings is 2. The maximum Gasteiger partial charge on any atom is 0.264 e. The lowest BCUT2D eigenvalue weighted by Gasteiger charge is -2.18. The van der Waals surface area contributed by atoms with Crippen molar-refractivity contribution in [1.29, 1.82) is 0 Å². The molecule has 1 aliphatic rings. The molecular weight excluding hydrogens is 442 g/mol. The SMILES string of the molecule is Cc1ccc(N2C[C@@H](C(=O)Nc3ccc(S(=O)(=O)Nc4ncccn4)cc3)CC2=O)cc1C.